The highest BCUT2D eigenvalue weighted by atomic mass is 32.1. The first-order chi connectivity index (χ1) is 16.1. The molecule has 0 atom stereocenters. The van der Waals surface area contributed by atoms with E-state index in [9.17, 15) is 9.90 Å². The molecule has 6 nitrogen and oxygen atoms in total. The average Bonchev–Trinajstić information content (AvgIpc) is 3.21. The molecule has 3 N–H and O–H groups in total. The molecule has 0 spiro atoms. The predicted octanol–water partition coefficient (Wildman–Crippen LogP) is 6.30. The Kier molecular flexibility index (Phi) is 6.13. The van der Waals surface area contributed by atoms with Crippen LogP contribution >= 0.6 is 11.3 Å². The van der Waals surface area contributed by atoms with E-state index in [0.29, 0.717) is 18.4 Å². The summed E-state index contributed by atoms with van der Waals surface area (Å²) in [5.41, 5.74) is 1.07. The minimum atomic E-state index is -0.708. The van der Waals surface area contributed by atoms with Crippen LogP contribution in [-0.2, 0) is 11.3 Å². The Morgan fingerprint density at radius 3 is 2.55 bits per heavy atom. The molecule has 0 unspecified atom stereocenters. The molecule has 0 amide bonds. The zero-order valence-corrected chi connectivity index (χ0v) is 19.1. The second-order valence-corrected chi connectivity index (χ2v) is 9.91. The summed E-state index contributed by atoms with van der Waals surface area (Å²) in [6.07, 6.45) is 5.07. The molecule has 7 heteroatoms. The molecule has 1 aliphatic carbocycles. The molecule has 1 fully saturated rings. The van der Waals surface area contributed by atoms with Crippen molar-refractivity contribution in [3.05, 3.63) is 59.9 Å². The largest absolute Gasteiger partial charge is 0.508 e. The number of aliphatic carboxylic acids is 1. The number of anilines is 1. The van der Waals surface area contributed by atoms with Crippen molar-refractivity contribution in [3.8, 4) is 5.75 Å². The third-order valence-corrected chi connectivity index (χ3v) is 7.70. The lowest BCUT2D eigenvalue weighted by Crippen LogP contribution is -2.17. The van der Waals surface area contributed by atoms with Gasteiger partial charge in [0.1, 0.15) is 22.2 Å². The maximum atomic E-state index is 10.9. The van der Waals surface area contributed by atoms with Crippen molar-refractivity contribution in [1.29, 1.82) is 0 Å². The molecule has 1 aliphatic rings. The second kappa shape index (κ2) is 9.35. The van der Waals surface area contributed by atoms with Gasteiger partial charge in [-0.3, -0.25) is 4.79 Å². The van der Waals surface area contributed by atoms with Crippen LogP contribution in [0.5, 0.6) is 5.75 Å². The number of rotatable bonds is 7. The number of carbonyl (C=O) groups is 1. The van der Waals surface area contributed by atoms with Gasteiger partial charge in [0.25, 0.3) is 0 Å². The van der Waals surface area contributed by atoms with Gasteiger partial charge in [-0.25, -0.2) is 9.97 Å². The summed E-state index contributed by atoms with van der Waals surface area (Å²) >= 11 is 1.70. The molecule has 0 saturated heterocycles. The van der Waals surface area contributed by atoms with Crippen LogP contribution in [-0.4, -0.2) is 26.2 Å². The van der Waals surface area contributed by atoms with Crippen molar-refractivity contribution in [2.45, 2.75) is 51.0 Å². The van der Waals surface area contributed by atoms with Crippen LogP contribution in [0.25, 0.3) is 20.3 Å². The van der Waals surface area contributed by atoms with Crippen LogP contribution in [0, 0.1) is 5.92 Å². The first kappa shape index (κ1) is 21.6. The van der Waals surface area contributed by atoms with E-state index in [1.807, 2.05) is 24.3 Å². The average molecular weight is 462 g/mol. The van der Waals surface area contributed by atoms with Crippen LogP contribution in [0.2, 0.25) is 0 Å². The molecular weight excluding hydrogens is 434 g/mol. The number of nitrogens with zero attached hydrogens (tertiary/aromatic N) is 2. The van der Waals surface area contributed by atoms with Gasteiger partial charge >= 0.3 is 5.97 Å². The van der Waals surface area contributed by atoms with E-state index in [0.717, 1.165) is 64.9 Å². The maximum absolute atomic E-state index is 10.9. The number of hydrogen-bond acceptors (Lipinski definition) is 6. The van der Waals surface area contributed by atoms with E-state index in [4.69, 9.17) is 15.1 Å². The Morgan fingerprint density at radius 2 is 1.79 bits per heavy atom. The summed E-state index contributed by atoms with van der Waals surface area (Å²) < 4.78 is 1.20. The highest BCUT2D eigenvalue weighted by Crippen LogP contribution is 2.41. The van der Waals surface area contributed by atoms with Crippen LogP contribution in [0.3, 0.4) is 0 Å². The summed E-state index contributed by atoms with van der Waals surface area (Å²) in [5, 5.41) is 24.3. The molecule has 170 valence electrons. The van der Waals surface area contributed by atoms with Crippen LogP contribution in [0.1, 0.15) is 55.8 Å². The van der Waals surface area contributed by atoms with Gasteiger partial charge in [0.2, 0.25) is 0 Å². The summed E-state index contributed by atoms with van der Waals surface area (Å²) in [6.45, 7) is 0.609. The van der Waals surface area contributed by atoms with Crippen molar-refractivity contribution >= 4 is 43.4 Å². The van der Waals surface area contributed by atoms with Gasteiger partial charge < -0.3 is 15.5 Å². The summed E-state index contributed by atoms with van der Waals surface area (Å²) in [6, 6.07) is 15.5. The normalized spacial score (nSPS) is 18.5. The summed E-state index contributed by atoms with van der Waals surface area (Å²) in [5.74, 6) is 2.08. The van der Waals surface area contributed by atoms with Gasteiger partial charge in [-0.15, -0.1) is 11.3 Å². The number of phenolic OH excluding ortho intramolecular Hbond substituents is 1. The van der Waals surface area contributed by atoms with Gasteiger partial charge in [0, 0.05) is 29.0 Å². The zero-order chi connectivity index (χ0) is 22.8. The molecule has 0 bridgehead atoms. The first-order valence-corrected chi connectivity index (χ1v) is 12.3. The molecule has 0 aliphatic heterocycles. The fourth-order valence-electron chi connectivity index (χ4n) is 4.79. The highest BCUT2D eigenvalue weighted by Gasteiger charge is 2.26. The van der Waals surface area contributed by atoms with Crippen LogP contribution in [0.15, 0.2) is 48.5 Å². The van der Waals surface area contributed by atoms with E-state index in [-0.39, 0.29) is 12.2 Å². The smallest absolute Gasteiger partial charge is 0.303 e. The van der Waals surface area contributed by atoms with Gasteiger partial charge in [0.05, 0.1) is 5.39 Å². The Hall–Kier alpha value is -3.19. The number of aromatic hydroxyl groups is 1. The highest BCUT2D eigenvalue weighted by molar-refractivity contribution is 7.25. The topological polar surface area (TPSA) is 95.3 Å². The number of nitrogens with one attached hydrogen (secondary N) is 1. The van der Waals surface area contributed by atoms with E-state index in [2.05, 4.69) is 17.4 Å². The fourth-order valence-corrected chi connectivity index (χ4v) is 5.87. The minimum absolute atomic E-state index is 0.255. The molecule has 2 heterocycles. The second-order valence-electron chi connectivity index (χ2n) is 8.88. The van der Waals surface area contributed by atoms with Gasteiger partial charge in [-0.2, -0.15) is 0 Å². The van der Waals surface area contributed by atoms with E-state index >= 15 is 0 Å². The molecule has 0 radical (unpaired) electrons. The minimum Gasteiger partial charge on any atom is -0.508 e. The van der Waals surface area contributed by atoms with Crippen molar-refractivity contribution in [2.24, 2.45) is 5.92 Å². The molecule has 2 aromatic heterocycles. The van der Waals surface area contributed by atoms with Crippen molar-refractivity contribution < 1.29 is 15.0 Å². The number of carboxylic acid groups (broad SMARTS) is 1. The SMILES string of the molecule is O=C(O)CCC1CCC(c2nc(NCc3ccc(O)cc3)c3c(n2)sc2ccccc23)CC1. The third-order valence-electron chi connectivity index (χ3n) is 6.63. The summed E-state index contributed by atoms with van der Waals surface area (Å²) in [7, 11) is 0. The van der Waals surface area contributed by atoms with Crippen LogP contribution < -0.4 is 5.32 Å². The van der Waals surface area contributed by atoms with Crippen LogP contribution in [0.4, 0.5) is 5.82 Å². The van der Waals surface area contributed by atoms with E-state index < -0.39 is 5.97 Å². The fraction of sp³-hybridized carbons (Fsp3) is 0.346. The lowest BCUT2D eigenvalue weighted by Gasteiger charge is -2.27. The Bertz CT molecular complexity index is 1280. The van der Waals surface area contributed by atoms with E-state index in [1.54, 1.807) is 23.5 Å². The lowest BCUT2D eigenvalue weighted by atomic mass is 9.79. The molecule has 2 aromatic carbocycles. The number of carboxylic acids is 1. The Morgan fingerprint density at radius 1 is 1.03 bits per heavy atom. The zero-order valence-electron chi connectivity index (χ0n) is 18.3. The first-order valence-electron chi connectivity index (χ1n) is 11.5. The molecular formula is C26H27N3O3S. The Balaban J connectivity index is 1.43. The number of thiophene rings is 1. The maximum Gasteiger partial charge on any atom is 0.303 e. The molecule has 4 aromatic rings. The number of aromatic nitrogens is 2. The van der Waals surface area contributed by atoms with Crippen molar-refractivity contribution in [1.82, 2.24) is 9.97 Å². The van der Waals surface area contributed by atoms with Gasteiger partial charge in [-0.1, -0.05) is 30.3 Å². The number of benzene rings is 2. The monoisotopic (exact) mass is 461 g/mol. The quantitative estimate of drug-likeness (QED) is 0.299. The molecule has 33 heavy (non-hydrogen) atoms. The lowest BCUT2D eigenvalue weighted by molar-refractivity contribution is -0.137. The predicted molar refractivity (Wildman–Crippen MR) is 132 cm³/mol. The van der Waals surface area contributed by atoms with Gasteiger partial charge in [0.15, 0.2) is 0 Å². The molecule has 5 rings (SSSR count). The van der Waals surface area contributed by atoms with E-state index in [1.165, 1.54) is 4.70 Å². The van der Waals surface area contributed by atoms with Crippen molar-refractivity contribution in [3.63, 3.8) is 0 Å². The Labute approximate surface area is 196 Å². The number of hydrogen-bond donors (Lipinski definition) is 3. The molecule has 1 saturated carbocycles. The standard InChI is InChI=1S/C26H27N3O3S/c30-19-12-7-17(8-13-19)15-27-25-23-20-3-1-2-4-21(20)33-26(23)29-24(28-25)18-10-5-16(6-11-18)9-14-22(31)32/h1-4,7-8,12-13,16,18,30H,5-6,9-11,14-15H2,(H,31,32)(H,27,28,29). The van der Waals surface area contributed by atoms with Crippen molar-refractivity contribution in [2.75, 3.05) is 5.32 Å². The number of phenols is 1. The summed E-state index contributed by atoms with van der Waals surface area (Å²) in [4.78, 5) is 21.9. The third kappa shape index (κ3) is 4.78. The number of fused-ring (bicyclic) bond motifs is 3. The van der Waals surface area contributed by atoms with Gasteiger partial charge in [-0.05, 0) is 61.8 Å².